The summed E-state index contributed by atoms with van der Waals surface area (Å²) in [6.45, 7) is 2.04. The van der Waals surface area contributed by atoms with Crippen molar-refractivity contribution in [2.75, 3.05) is 0 Å². The maximum atomic E-state index is 11.2. The van der Waals surface area contributed by atoms with Gasteiger partial charge in [0, 0.05) is 17.8 Å². The van der Waals surface area contributed by atoms with Gasteiger partial charge in [0.25, 0.3) is 0 Å². The second-order valence-corrected chi connectivity index (χ2v) is 5.91. The largest absolute Gasteiger partial charge is 0.458 e. The molecule has 3 aromatic rings. The standard InChI is InChI=1S/C18H17NO2/c1-11-6-7-16-12(8-11)9-17(21-16)18(20)10-15(19)13-4-2-3-5-14(13)18/h2-9,15,20H,10,19H2,1H3. The van der Waals surface area contributed by atoms with E-state index in [4.69, 9.17) is 10.2 Å². The summed E-state index contributed by atoms with van der Waals surface area (Å²) in [4.78, 5) is 0. The lowest BCUT2D eigenvalue weighted by Crippen LogP contribution is -2.24. The van der Waals surface area contributed by atoms with Gasteiger partial charge in [-0.25, -0.2) is 0 Å². The summed E-state index contributed by atoms with van der Waals surface area (Å²) in [5.41, 5.74) is 8.86. The molecule has 3 heteroatoms. The van der Waals surface area contributed by atoms with Gasteiger partial charge in [-0.15, -0.1) is 0 Å². The number of nitrogens with two attached hydrogens (primary N) is 1. The third-order valence-electron chi connectivity index (χ3n) is 4.40. The van der Waals surface area contributed by atoms with E-state index in [0.717, 1.165) is 22.1 Å². The molecule has 0 saturated carbocycles. The van der Waals surface area contributed by atoms with Crippen molar-refractivity contribution < 1.29 is 9.52 Å². The predicted molar refractivity (Wildman–Crippen MR) is 81.9 cm³/mol. The van der Waals surface area contributed by atoms with Crippen LogP contribution in [0.3, 0.4) is 0 Å². The smallest absolute Gasteiger partial charge is 0.149 e. The highest BCUT2D eigenvalue weighted by Crippen LogP contribution is 2.47. The maximum absolute atomic E-state index is 11.2. The Morgan fingerprint density at radius 1 is 1.19 bits per heavy atom. The van der Waals surface area contributed by atoms with Crippen LogP contribution >= 0.6 is 0 Å². The first-order valence-electron chi connectivity index (χ1n) is 7.16. The summed E-state index contributed by atoms with van der Waals surface area (Å²) in [5.74, 6) is 0.573. The van der Waals surface area contributed by atoms with Crippen LogP contribution in [-0.4, -0.2) is 5.11 Å². The van der Waals surface area contributed by atoms with Crippen LogP contribution in [0.4, 0.5) is 0 Å². The van der Waals surface area contributed by atoms with Crippen molar-refractivity contribution in [3.8, 4) is 0 Å². The SMILES string of the molecule is Cc1ccc2oc(C3(O)CC(N)c4ccccc43)cc2c1. The molecule has 0 spiro atoms. The molecule has 0 aliphatic heterocycles. The minimum atomic E-state index is -1.14. The van der Waals surface area contributed by atoms with E-state index in [1.54, 1.807) is 0 Å². The molecule has 3 nitrogen and oxygen atoms in total. The summed E-state index contributed by atoms with van der Waals surface area (Å²) in [6.07, 6.45) is 0.450. The van der Waals surface area contributed by atoms with Crippen molar-refractivity contribution in [2.24, 2.45) is 5.73 Å². The van der Waals surface area contributed by atoms with E-state index in [1.807, 2.05) is 49.4 Å². The lowest BCUT2D eigenvalue weighted by Gasteiger charge is -2.21. The third-order valence-corrected chi connectivity index (χ3v) is 4.40. The Morgan fingerprint density at radius 3 is 2.86 bits per heavy atom. The van der Waals surface area contributed by atoms with Gasteiger partial charge in [0.05, 0.1) is 0 Å². The van der Waals surface area contributed by atoms with Crippen molar-refractivity contribution >= 4 is 11.0 Å². The topological polar surface area (TPSA) is 59.4 Å². The van der Waals surface area contributed by atoms with Gasteiger partial charge in [-0.2, -0.15) is 0 Å². The first-order valence-corrected chi connectivity index (χ1v) is 7.16. The lowest BCUT2D eigenvalue weighted by molar-refractivity contribution is 0.0556. The van der Waals surface area contributed by atoms with Gasteiger partial charge in [-0.3, -0.25) is 0 Å². The van der Waals surface area contributed by atoms with Crippen LogP contribution in [0.15, 0.2) is 52.9 Å². The van der Waals surface area contributed by atoms with Crippen LogP contribution in [0.2, 0.25) is 0 Å². The highest BCUT2D eigenvalue weighted by Gasteiger charge is 2.44. The van der Waals surface area contributed by atoms with Gasteiger partial charge in [-0.1, -0.05) is 35.9 Å². The number of hydrogen-bond acceptors (Lipinski definition) is 3. The normalized spacial score (nSPS) is 24.4. The molecular formula is C18H17NO2. The summed E-state index contributed by atoms with van der Waals surface area (Å²) in [6, 6.07) is 15.6. The van der Waals surface area contributed by atoms with Crippen molar-refractivity contribution in [1.29, 1.82) is 0 Å². The van der Waals surface area contributed by atoms with E-state index >= 15 is 0 Å². The van der Waals surface area contributed by atoms with Crippen LogP contribution in [-0.2, 0) is 5.60 Å². The molecule has 2 atom stereocenters. The Balaban J connectivity index is 1.92. The minimum Gasteiger partial charge on any atom is -0.458 e. The molecule has 106 valence electrons. The molecule has 2 unspecified atom stereocenters. The molecule has 2 aromatic carbocycles. The molecule has 0 saturated heterocycles. The van der Waals surface area contributed by atoms with Crippen LogP contribution in [0.5, 0.6) is 0 Å². The first kappa shape index (κ1) is 12.6. The van der Waals surface area contributed by atoms with Crippen molar-refractivity contribution in [3.05, 3.63) is 71.0 Å². The number of fused-ring (bicyclic) bond motifs is 2. The van der Waals surface area contributed by atoms with Gasteiger partial charge in [0.15, 0.2) is 0 Å². The van der Waals surface area contributed by atoms with Crippen molar-refractivity contribution in [1.82, 2.24) is 0 Å². The third kappa shape index (κ3) is 1.75. The van der Waals surface area contributed by atoms with Crippen LogP contribution < -0.4 is 5.73 Å². The van der Waals surface area contributed by atoms with Crippen LogP contribution in [0.1, 0.15) is 34.9 Å². The average Bonchev–Trinajstić information content (AvgIpc) is 3.00. The summed E-state index contributed by atoms with van der Waals surface area (Å²) in [5, 5.41) is 12.2. The molecule has 1 heterocycles. The fraction of sp³-hybridized carbons (Fsp3) is 0.222. The summed E-state index contributed by atoms with van der Waals surface area (Å²) in [7, 11) is 0. The second-order valence-electron chi connectivity index (χ2n) is 5.91. The number of aliphatic hydroxyl groups is 1. The molecule has 21 heavy (non-hydrogen) atoms. The molecule has 3 N–H and O–H groups in total. The molecule has 0 fully saturated rings. The fourth-order valence-electron chi connectivity index (χ4n) is 3.34. The quantitative estimate of drug-likeness (QED) is 0.718. The van der Waals surface area contributed by atoms with Gasteiger partial charge in [-0.05, 0) is 36.2 Å². The van der Waals surface area contributed by atoms with Crippen molar-refractivity contribution in [3.63, 3.8) is 0 Å². The Labute approximate surface area is 123 Å². The maximum Gasteiger partial charge on any atom is 0.149 e. The fourth-order valence-corrected chi connectivity index (χ4v) is 3.34. The minimum absolute atomic E-state index is 0.166. The van der Waals surface area contributed by atoms with E-state index in [0.29, 0.717) is 12.2 Å². The Bertz CT molecular complexity index is 836. The molecule has 1 aromatic heterocycles. The zero-order valence-electron chi connectivity index (χ0n) is 11.8. The highest BCUT2D eigenvalue weighted by molar-refractivity contribution is 5.79. The van der Waals surface area contributed by atoms with Crippen molar-refractivity contribution in [2.45, 2.75) is 25.0 Å². The Morgan fingerprint density at radius 2 is 2.00 bits per heavy atom. The molecule has 0 amide bonds. The molecule has 0 bridgehead atoms. The van der Waals surface area contributed by atoms with Gasteiger partial charge >= 0.3 is 0 Å². The molecule has 4 rings (SSSR count). The van der Waals surface area contributed by atoms with E-state index in [2.05, 4.69) is 6.07 Å². The summed E-state index contributed by atoms with van der Waals surface area (Å²) < 4.78 is 5.91. The van der Waals surface area contributed by atoms with E-state index in [-0.39, 0.29) is 6.04 Å². The van der Waals surface area contributed by atoms with Gasteiger partial charge < -0.3 is 15.3 Å². The van der Waals surface area contributed by atoms with Crippen LogP contribution in [0, 0.1) is 6.92 Å². The Kier molecular flexibility index (Phi) is 2.52. The van der Waals surface area contributed by atoms with E-state index in [1.165, 1.54) is 5.56 Å². The number of aryl methyl sites for hydroxylation is 1. The predicted octanol–water partition coefficient (Wildman–Crippen LogP) is 3.38. The monoisotopic (exact) mass is 279 g/mol. The zero-order chi connectivity index (χ0) is 14.6. The van der Waals surface area contributed by atoms with Crippen LogP contribution in [0.25, 0.3) is 11.0 Å². The van der Waals surface area contributed by atoms with Gasteiger partial charge in [0.1, 0.15) is 16.9 Å². The summed E-state index contributed by atoms with van der Waals surface area (Å²) >= 11 is 0. The molecule has 0 radical (unpaired) electrons. The van der Waals surface area contributed by atoms with E-state index < -0.39 is 5.60 Å². The number of rotatable bonds is 1. The zero-order valence-corrected chi connectivity index (χ0v) is 11.8. The van der Waals surface area contributed by atoms with E-state index in [9.17, 15) is 5.11 Å². The molecular weight excluding hydrogens is 262 g/mol. The molecule has 1 aliphatic carbocycles. The van der Waals surface area contributed by atoms with Gasteiger partial charge in [0.2, 0.25) is 0 Å². The Hall–Kier alpha value is -2.10. The number of benzene rings is 2. The average molecular weight is 279 g/mol. The number of hydrogen-bond donors (Lipinski definition) is 2. The lowest BCUT2D eigenvalue weighted by atomic mass is 9.93. The molecule has 1 aliphatic rings. The second kappa shape index (κ2) is 4.20. The highest BCUT2D eigenvalue weighted by atomic mass is 16.4. The first-order chi connectivity index (χ1) is 10.1. The number of furan rings is 1.